The summed E-state index contributed by atoms with van der Waals surface area (Å²) in [7, 11) is 0. The Kier molecular flexibility index (Phi) is 13.2. The Bertz CT molecular complexity index is 1410. The van der Waals surface area contributed by atoms with Crippen LogP contribution in [0.1, 0.15) is 23.6 Å². The van der Waals surface area contributed by atoms with Gasteiger partial charge in [-0.2, -0.15) is 0 Å². The van der Waals surface area contributed by atoms with Crippen LogP contribution in [0, 0.1) is 0 Å². The fourth-order valence-corrected chi connectivity index (χ4v) is 4.30. The van der Waals surface area contributed by atoms with Crippen LogP contribution < -0.4 is 21.3 Å². The summed E-state index contributed by atoms with van der Waals surface area (Å²) >= 11 is 5.73. The van der Waals surface area contributed by atoms with E-state index in [0.717, 1.165) is 11.1 Å². The van der Waals surface area contributed by atoms with Gasteiger partial charge in [0.1, 0.15) is 24.4 Å². The van der Waals surface area contributed by atoms with Gasteiger partial charge in [0.05, 0.1) is 18.5 Å². The number of hydrogen-bond donors (Lipinski definition) is 5. The van der Waals surface area contributed by atoms with Gasteiger partial charge >= 0.3 is 6.09 Å². The molecule has 4 amide bonds. The summed E-state index contributed by atoms with van der Waals surface area (Å²) in [6.07, 6.45) is -0.518. The van der Waals surface area contributed by atoms with E-state index in [2.05, 4.69) is 21.3 Å². The molecule has 0 unspecified atom stereocenters. The number of phenols is 1. The van der Waals surface area contributed by atoms with Crippen LogP contribution in [-0.4, -0.2) is 65.3 Å². The minimum absolute atomic E-state index is 0.0149. The molecule has 0 aliphatic rings. The molecule has 12 heteroatoms. The first-order valence-corrected chi connectivity index (χ1v) is 14.4. The minimum Gasteiger partial charge on any atom is -0.508 e. The molecule has 0 radical (unpaired) electrons. The van der Waals surface area contributed by atoms with Crippen LogP contribution in [0.2, 0.25) is 0 Å². The molecule has 5 N–H and O–H groups in total. The van der Waals surface area contributed by atoms with Crippen molar-refractivity contribution >= 4 is 41.2 Å². The van der Waals surface area contributed by atoms with Crippen molar-refractivity contribution in [2.24, 2.45) is 0 Å². The van der Waals surface area contributed by atoms with Gasteiger partial charge in [0.25, 0.3) is 0 Å². The number of phenolic OH excluding ortho intramolecular Hbond substituents is 1. The second kappa shape index (κ2) is 17.3. The van der Waals surface area contributed by atoms with Gasteiger partial charge < -0.3 is 31.1 Å². The predicted molar refractivity (Wildman–Crippen MR) is 164 cm³/mol. The SMILES string of the molecule is C[C@H](NC(=O)CNC(=O)[C@H](Cc1ccccc1)NC(=O)OCc1ccccc1)C(=O)N[C@@H](Cc1ccc(O)cc1)C(=O)CCl. The first-order valence-electron chi connectivity index (χ1n) is 13.9. The van der Waals surface area contributed by atoms with Crippen LogP contribution in [0.15, 0.2) is 84.9 Å². The lowest BCUT2D eigenvalue weighted by Gasteiger charge is -2.21. The largest absolute Gasteiger partial charge is 0.508 e. The molecule has 0 saturated heterocycles. The number of carbonyl (C=O) groups is 5. The third kappa shape index (κ3) is 11.4. The minimum atomic E-state index is -1.05. The molecule has 3 aromatic carbocycles. The molecule has 0 aromatic heterocycles. The second-order valence-corrected chi connectivity index (χ2v) is 10.3. The number of nitrogens with one attached hydrogen (secondary N) is 4. The topological polar surface area (TPSA) is 163 Å². The zero-order valence-corrected chi connectivity index (χ0v) is 24.9. The van der Waals surface area contributed by atoms with Crippen molar-refractivity contribution in [2.75, 3.05) is 12.4 Å². The maximum atomic E-state index is 13.0. The van der Waals surface area contributed by atoms with Crippen LogP contribution in [0.4, 0.5) is 4.79 Å². The lowest BCUT2D eigenvalue weighted by atomic mass is 10.0. The molecule has 232 valence electrons. The molecule has 0 aliphatic carbocycles. The number of alkyl halides is 1. The summed E-state index contributed by atoms with van der Waals surface area (Å²) in [6, 6.07) is 21.2. The number of alkyl carbamates (subject to hydrolysis) is 1. The average molecular weight is 623 g/mol. The number of Topliss-reactive ketones (excluding diaryl/α,β-unsaturated/α-hetero) is 1. The van der Waals surface area contributed by atoms with E-state index in [4.69, 9.17) is 16.3 Å². The molecule has 0 heterocycles. The van der Waals surface area contributed by atoms with Gasteiger partial charge in [-0.15, -0.1) is 11.6 Å². The Morgan fingerprint density at radius 1 is 0.727 bits per heavy atom. The second-order valence-electron chi connectivity index (χ2n) is 9.99. The quantitative estimate of drug-likeness (QED) is 0.163. The number of rotatable bonds is 15. The van der Waals surface area contributed by atoms with Gasteiger partial charge in [0.2, 0.25) is 17.7 Å². The van der Waals surface area contributed by atoms with Gasteiger partial charge in [-0.1, -0.05) is 72.8 Å². The highest BCUT2D eigenvalue weighted by Gasteiger charge is 2.26. The van der Waals surface area contributed by atoms with Crippen LogP contribution in [0.5, 0.6) is 5.75 Å². The van der Waals surface area contributed by atoms with Crippen LogP contribution >= 0.6 is 11.6 Å². The summed E-state index contributed by atoms with van der Waals surface area (Å²) < 4.78 is 5.25. The van der Waals surface area contributed by atoms with E-state index in [9.17, 15) is 29.1 Å². The monoisotopic (exact) mass is 622 g/mol. The molecule has 0 aliphatic heterocycles. The maximum Gasteiger partial charge on any atom is 0.408 e. The van der Waals surface area contributed by atoms with Gasteiger partial charge in [0, 0.05) is 6.42 Å². The highest BCUT2D eigenvalue weighted by atomic mass is 35.5. The van der Waals surface area contributed by atoms with Gasteiger partial charge in [0.15, 0.2) is 5.78 Å². The smallest absolute Gasteiger partial charge is 0.408 e. The van der Waals surface area contributed by atoms with E-state index < -0.39 is 54.3 Å². The summed E-state index contributed by atoms with van der Waals surface area (Å²) in [4.78, 5) is 63.2. The number of halogens is 1. The molecule has 3 aromatic rings. The summed E-state index contributed by atoms with van der Waals surface area (Å²) in [5, 5.41) is 19.6. The van der Waals surface area contributed by atoms with Crippen molar-refractivity contribution in [3.05, 3.63) is 102 Å². The molecular formula is C32H35ClN4O7. The number of hydrogen-bond acceptors (Lipinski definition) is 7. The standard InChI is InChI=1S/C32H35ClN4O7/c1-21(30(41)36-26(28(39)18-33)16-23-12-14-25(38)15-13-23)35-29(40)19-34-31(42)27(17-22-8-4-2-5-9-22)37-32(43)44-20-24-10-6-3-7-11-24/h2-15,21,26-27,38H,16-20H2,1H3,(H,34,42)(H,35,40)(H,36,41)(H,37,43)/t21-,26-,27-/m0/s1. The van der Waals surface area contributed by atoms with Crippen molar-refractivity contribution in [1.29, 1.82) is 0 Å². The van der Waals surface area contributed by atoms with E-state index in [1.807, 2.05) is 24.3 Å². The Labute approximate surface area is 260 Å². The highest BCUT2D eigenvalue weighted by Crippen LogP contribution is 2.12. The number of ketones is 1. The molecule has 44 heavy (non-hydrogen) atoms. The summed E-state index contributed by atoms with van der Waals surface area (Å²) in [5.74, 6) is -2.60. The molecule has 0 bridgehead atoms. The Balaban J connectivity index is 1.53. The molecule has 0 spiro atoms. The molecule has 0 saturated carbocycles. The summed E-state index contributed by atoms with van der Waals surface area (Å²) in [5.41, 5.74) is 2.24. The van der Waals surface area contributed by atoms with Crippen molar-refractivity contribution in [3.63, 3.8) is 0 Å². The third-order valence-electron chi connectivity index (χ3n) is 6.51. The van der Waals surface area contributed by atoms with E-state index in [1.54, 1.807) is 48.5 Å². The fourth-order valence-electron chi connectivity index (χ4n) is 4.12. The third-order valence-corrected chi connectivity index (χ3v) is 6.77. The number of amides is 4. The van der Waals surface area contributed by atoms with Crippen molar-refractivity contribution in [1.82, 2.24) is 21.3 Å². The lowest BCUT2D eigenvalue weighted by Crippen LogP contribution is -2.54. The first-order chi connectivity index (χ1) is 21.1. The number of ether oxygens (including phenoxy) is 1. The highest BCUT2D eigenvalue weighted by molar-refractivity contribution is 6.28. The maximum absolute atomic E-state index is 13.0. The van der Waals surface area contributed by atoms with Crippen LogP contribution in [0.3, 0.4) is 0 Å². The van der Waals surface area contributed by atoms with Gasteiger partial charge in [-0.3, -0.25) is 19.2 Å². The van der Waals surface area contributed by atoms with E-state index >= 15 is 0 Å². The summed E-state index contributed by atoms with van der Waals surface area (Å²) in [6.45, 7) is 0.974. The van der Waals surface area contributed by atoms with Crippen molar-refractivity contribution in [3.8, 4) is 5.75 Å². The van der Waals surface area contributed by atoms with E-state index in [-0.39, 0.29) is 31.1 Å². The first kappa shape index (κ1) is 33.6. The zero-order valence-electron chi connectivity index (χ0n) is 24.1. The lowest BCUT2D eigenvalue weighted by molar-refractivity contribution is -0.131. The average Bonchev–Trinajstić information content (AvgIpc) is 3.03. The zero-order chi connectivity index (χ0) is 31.9. The molecule has 0 fully saturated rings. The predicted octanol–water partition coefficient (Wildman–Crippen LogP) is 2.39. The van der Waals surface area contributed by atoms with Gasteiger partial charge in [-0.25, -0.2) is 4.79 Å². The molecule has 3 rings (SSSR count). The van der Waals surface area contributed by atoms with Crippen molar-refractivity contribution < 1.29 is 33.8 Å². The Morgan fingerprint density at radius 3 is 1.91 bits per heavy atom. The molecule has 3 atom stereocenters. The number of benzene rings is 3. The van der Waals surface area contributed by atoms with E-state index in [0.29, 0.717) is 5.56 Å². The Morgan fingerprint density at radius 2 is 1.30 bits per heavy atom. The molecule has 11 nitrogen and oxygen atoms in total. The van der Waals surface area contributed by atoms with Crippen LogP contribution in [-0.2, 0) is 43.4 Å². The molecular weight excluding hydrogens is 588 g/mol. The van der Waals surface area contributed by atoms with Crippen molar-refractivity contribution in [2.45, 2.75) is 44.5 Å². The number of aromatic hydroxyl groups is 1. The number of carbonyl (C=O) groups excluding carboxylic acids is 5. The van der Waals surface area contributed by atoms with E-state index in [1.165, 1.54) is 19.1 Å². The van der Waals surface area contributed by atoms with Crippen LogP contribution in [0.25, 0.3) is 0 Å². The fraction of sp³-hybridized carbons (Fsp3) is 0.281. The van der Waals surface area contributed by atoms with Gasteiger partial charge in [-0.05, 0) is 42.2 Å². The normalized spacial score (nSPS) is 12.6. The Hall–Kier alpha value is -4.90.